The van der Waals surface area contributed by atoms with E-state index < -0.39 is 17.4 Å². The van der Waals surface area contributed by atoms with E-state index in [0.29, 0.717) is 17.9 Å². The third kappa shape index (κ3) is 3.77. The van der Waals surface area contributed by atoms with Gasteiger partial charge in [0, 0.05) is 18.7 Å². The zero-order valence-corrected chi connectivity index (χ0v) is 11.3. The summed E-state index contributed by atoms with van der Waals surface area (Å²) in [6.07, 6.45) is 1.44. The average molecular weight is 282 g/mol. The normalized spacial score (nSPS) is 11.1. The van der Waals surface area contributed by atoms with Crippen LogP contribution in [0.2, 0.25) is 0 Å². The van der Waals surface area contributed by atoms with E-state index in [1.54, 1.807) is 6.07 Å². The predicted molar refractivity (Wildman–Crippen MR) is 69.2 cm³/mol. The summed E-state index contributed by atoms with van der Waals surface area (Å²) in [6.45, 7) is 4.24. The summed E-state index contributed by atoms with van der Waals surface area (Å²) in [5, 5.41) is 6.58. The highest BCUT2D eigenvalue weighted by Gasteiger charge is 2.13. The fourth-order valence-electron chi connectivity index (χ4n) is 1.63. The van der Waals surface area contributed by atoms with Gasteiger partial charge >= 0.3 is 0 Å². The van der Waals surface area contributed by atoms with E-state index in [1.165, 1.54) is 18.3 Å². The molecule has 0 spiro atoms. The molecule has 2 aromatic rings. The standard InChI is InChI=1S/C14H16F2N2O2/c1-9(2)17-7-10-5-12(15)14(13(16)6-10)19-8-11-3-4-18-20-11/h3-6,9,17H,7-8H2,1-2H3. The SMILES string of the molecule is CC(C)NCc1cc(F)c(OCc2ccno2)c(F)c1. The minimum absolute atomic E-state index is 0.0720. The Morgan fingerprint density at radius 2 is 2.00 bits per heavy atom. The van der Waals surface area contributed by atoms with E-state index in [2.05, 4.69) is 10.5 Å². The van der Waals surface area contributed by atoms with Crippen LogP contribution in [-0.2, 0) is 13.2 Å². The monoisotopic (exact) mass is 282 g/mol. The van der Waals surface area contributed by atoms with Crippen LogP contribution in [0.5, 0.6) is 5.75 Å². The number of hydrogen-bond acceptors (Lipinski definition) is 4. The van der Waals surface area contributed by atoms with Crippen molar-refractivity contribution in [2.45, 2.75) is 33.0 Å². The van der Waals surface area contributed by atoms with Gasteiger partial charge in [-0.1, -0.05) is 19.0 Å². The molecule has 0 unspecified atom stereocenters. The smallest absolute Gasteiger partial charge is 0.191 e. The van der Waals surface area contributed by atoms with Gasteiger partial charge in [-0.15, -0.1) is 0 Å². The molecule has 1 heterocycles. The molecule has 1 aromatic heterocycles. The first-order chi connectivity index (χ1) is 9.56. The van der Waals surface area contributed by atoms with Gasteiger partial charge in [0.2, 0.25) is 0 Å². The van der Waals surface area contributed by atoms with Gasteiger partial charge in [-0.2, -0.15) is 0 Å². The van der Waals surface area contributed by atoms with Gasteiger partial charge in [-0.3, -0.25) is 0 Å². The highest BCUT2D eigenvalue weighted by Crippen LogP contribution is 2.24. The molecule has 0 saturated carbocycles. The maximum Gasteiger partial charge on any atom is 0.191 e. The van der Waals surface area contributed by atoms with Crippen molar-refractivity contribution in [3.63, 3.8) is 0 Å². The number of nitrogens with zero attached hydrogens (tertiary/aromatic N) is 1. The van der Waals surface area contributed by atoms with Crippen molar-refractivity contribution < 1.29 is 18.0 Å². The lowest BCUT2D eigenvalue weighted by Crippen LogP contribution is -2.22. The largest absolute Gasteiger partial charge is 0.479 e. The van der Waals surface area contributed by atoms with Gasteiger partial charge in [0.1, 0.15) is 6.61 Å². The van der Waals surface area contributed by atoms with Gasteiger partial charge in [-0.25, -0.2) is 8.78 Å². The number of nitrogens with one attached hydrogen (secondary N) is 1. The molecule has 0 radical (unpaired) electrons. The van der Waals surface area contributed by atoms with Crippen LogP contribution in [0.3, 0.4) is 0 Å². The number of hydrogen-bond donors (Lipinski definition) is 1. The Morgan fingerprint density at radius 1 is 1.30 bits per heavy atom. The van der Waals surface area contributed by atoms with Crippen LogP contribution in [-0.4, -0.2) is 11.2 Å². The zero-order valence-electron chi connectivity index (χ0n) is 11.3. The van der Waals surface area contributed by atoms with Crippen molar-refractivity contribution >= 4 is 0 Å². The second-order valence-electron chi connectivity index (χ2n) is 4.69. The molecule has 0 saturated heterocycles. The molecule has 0 bridgehead atoms. The van der Waals surface area contributed by atoms with Crippen LogP contribution >= 0.6 is 0 Å². The van der Waals surface area contributed by atoms with Crippen LogP contribution in [0, 0.1) is 11.6 Å². The second-order valence-corrected chi connectivity index (χ2v) is 4.69. The Balaban J connectivity index is 2.06. The first-order valence-electron chi connectivity index (χ1n) is 6.30. The minimum atomic E-state index is -0.731. The average Bonchev–Trinajstić information content (AvgIpc) is 2.88. The summed E-state index contributed by atoms with van der Waals surface area (Å²) in [6, 6.07) is 4.32. The molecule has 108 valence electrons. The molecule has 1 N–H and O–H groups in total. The first kappa shape index (κ1) is 14.5. The molecule has 0 amide bonds. The van der Waals surface area contributed by atoms with Crippen molar-refractivity contribution in [1.82, 2.24) is 10.5 Å². The summed E-state index contributed by atoms with van der Waals surface area (Å²) in [4.78, 5) is 0. The lowest BCUT2D eigenvalue weighted by molar-refractivity contribution is 0.230. The molecule has 0 atom stereocenters. The van der Waals surface area contributed by atoms with Crippen molar-refractivity contribution in [2.75, 3.05) is 0 Å². The van der Waals surface area contributed by atoms with Gasteiger partial charge in [0.05, 0.1) is 6.20 Å². The number of aromatic nitrogens is 1. The molecular weight excluding hydrogens is 266 g/mol. The summed E-state index contributed by atoms with van der Waals surface area (Å²) in [5.41, 5.74) is 0.528. The summed E-state index contributed by atoms with van der Waals surface area (Å²) in [7, 11) is 0. The molecule has 0 fully saturated rings. The number of benzene rings is 1. The molecule has 0 aliphatic carbocycles. The predicted octanol–water partition coefficient (Wildman–Crippen LogP) is 3.03. The van der Waals surface area contributed by atoms with E-state index in [9.17, 15) is 8.78 Å². The van der Waals surface area contributed by atoms with Crippen molar-refractivity contribution in [3.8, 4) is 5.75 Å². The Hall–Kier alpha value is -1.95. The summed E-state index contributed by atoms with van der Waals surface area (Å²) < 4.78 is 37.5. The number of ether oxygens (including phenoxy) is 1. The summed E-state index contributed by atoms with van der Waals surface area (Å²) in [5.74, 6) is -1.47. The van der Waals surface area contributed by atoms with Crippen LogP contribution in [0.15, 0.2) is 28.9 Å². The molecule has 20 heavy (non-hydrogen) atoms. The fraction of sp³-hybridized carbons (Fsp3) is 0.357. The molecule has 0 aliphatic heterocycles. The van der Waals surface area contributed by atoms with Crippen LogP contribution in [0.1, 0.15) is 25.2 Å². The third-order valence-electron chi connectivity index (χ3n) is 2.62. The molecule has 6 heteroatoms. The Bertz CT molecular complexity index is 533. The van der Waals surface area contributed by atoms with Crippen LogP contribution < -0.4 is 10.1 Å². The Labute approximate surface area is 115 Å². The van der Waals surface area contributed by atoms with Gasteiger partial charge in [-0.05, 0) is 17.7 Å². The maximum atomic E-state index is 13.8. The molecule has 2 rings (SSSR count). The Morgan fingerprint density at radius 3 is 2.55 bits per heavy atom. The number of halogens is 2. The molecule has 4 nitrogen and oxygen atoms in total. The lowest BCUT2D eigenvalue weighted by Gasteiger charge is -2.11. The van der Waals surface area contributed by atoms with E-state index in [0.717, 1.165) is 0 Å². The zero-order chi connectivity index (χ0) is 14.5. The quantitative estimate of drug-likeness (QED) is 0.884. The molecule has 1 aromatic carbocycles. The fourth-order valence-corrected chi connectivity index (χ4v) is 1.63. The van der Waals surface area contributed by atoms with E-state index in [1.807, 2.05) is 13.8 Å². The Kier molecular flexibility index (Phi) is 4.68. The van der Waals surface area contributed by atoms with Gasteiger partial charge in [0.25, 0.3) is 0 Å². The van der Waals surface area contributed by atoms with E-state index >= 15 is 0 Å². The van der Waals surface area contributed by atoms with Crippen molar-refractivity contribution in [2.24, 2.45) is 0 Å². The number of rotatable bonds is 6. The third-order valence-corrected chi connectivity index (χ3v) is 2.62. The topological polar surface area (TPSA) is 47.3 Å². The van der Waals surface area contributed by atoms with Gasteiger partial charge in [0.15, 0.2) is 23.1 Å². The molecule has 0 aliphatic rings. The van der Waals surface area contributed by atoms with Gasteiger partial charge < -0.3 is 14.6 Å². The van der Waals surface area contributed by atoms with Crippen molar-refractivity contribution in [1.29, 1.82) is 0 Å². The van der Waals surface area contributed by atoms with E-state index in [-0.39, 0.29) is 12.6 Å². The van der Waals surface area contributed by atoms with Crippen molar-refractivity contribution in [3.05, 3.63) is 47.4 Å². The van der Waals surface area contributed by atoms with Crippen LogP contribution in [0.4, 0.5) is 8.78 Å². The lowest BCUT2D eigenvalue weighted by atomic mass is 10.2. The highest BCUT2D eigenvalue weighted by molar-refractivity contribution is 5.31. The minimum Gasteiger partial charge on any atom is -0.479 e. The van der Waals surface area contributed by atoms with E-state index in [4.69, 9.17) is 9.26 Å². The maximum absolute atomic E-state index is 13.8. The summed E-state index contributed by atoms with van der Waals surface area (Å²) >= 11 is 0. The highest BCUT2D eigenvalue weighted by atomic mass is 19.1. The molecular formula is C14H16F2N2O2. The second kappa shape index (κ2) is 6.47. The van der Waals surface area contributed by atoms with Crippen LogP contribution in [0.25, 0.3) is 0 Å². The first-order valence-corrected chi connectivity index (χ1v) is 6.30.